The number of rotatable bonds is 6. The summed E-state index contributed by atoms with van der Waals surface area (Å²) in [5, 5.41) is 6.54. The maximum atomic E-state index is 12.8. The number of halogens is 1. The first-order chi connectivity index (χ1) is 13.1. The van der Waals surface area contributed by atoms with Crippen molar-refractivity contribution in [1.29, 1.82) is 0 Å². The van der Waals surface area contributed by atoms with Crippen molar-refractivity contribution in [2.45, 2.75) is 25.8 Å². The maximum Gasteiger partial charge on any atom is 0.238 e. The van der Waals surface area contributed by atoms with Crippen molar-refractivity contribution < 1.29 is 9.53 Å². The van der Waals surface area contributed by atoms with Crippen LogP contribution in [0.1, 0.15) is 36.9 Å². The van der Waals surface area contributed by atoms with E-state index in [2.05, 4.69) is 41.5 Å². The Balaban J connectivity index is 0.00000280. The number of piperazine rings is 1. The number of hydrogen-bond acceptors (Lipinski definition) is 4. The predicted molar refractivity (Wildman–Crippen MR) is 117 cm³/mol. The lowest BCUT2D eigenvalue weighted by atomic mass is 10.0. The van der Waals surface area contributed by atoms with Crippen LogP contribution in [0.2, 0.25) is 0 Å². The van der Waals surface area contributed by atoms with Gasteiger partial charge in [0.05, 0.1) is 19.7 Å². The summed E-state index contributed by atoms with van der Waals surface area (Å²) in [4.78, 5) is 15.0. The number of benzene rings is 2. The van der Waals surface area contributed by atoms with Gasteiger partial charge in [0.25, 0.3) is 0 Å². The van der Waals surface area contributed by atoms with E-state index in [1.165, 1.54) is 0 Å². The molecule has 1 fully saturated rings. The van der Waals surface area contributed by atoms with Gasteiger partial charge < -0.3 is 15.4 Å². The molecule has 152 valence electrons. The Morgan fingerprint density at radius 2 is 1.93 bits per heavy atom. The molecule has 0 radical (unpaired) electrons. The molecule has 2 N–H and O–H groups in total. The quantitative estimate of drug-likeness (QED) is 0.769. The molecule has 2 aromatic rings. The van der Waals surface area contributed by atoms with E-state index >= 15 is 0 Å². The summed E-state index contributed by atoms with van der Waals surface area (Å²) in [5.74, 6) is 1.24. The van der Waals surface area contributed by atoms with Gasteiger partial charge in [-0.2, -0.15) is 0 Å². The van der Waals surface area contributed by atoms with Crippen LogP contribution in [0, 0.1) is 0 Å². The molecule has 0 aromatic heterocycles. The molecule has 1 atom stereocenters. The minimum Gasteiger partial charge on any atom is -0.496 e. The largest absolute Gasteiger partial charge is 0.496 e. The Kier molecular flexibility index (Phi) is 8.30. The van der Waals surface area contributed by atoms with E-state index in [0.29, 0.717) is 12.5 Å². The molecule has 1 saturated heterocycles. The van der Waals surface area contributed by atoms with Crippen molar-refractivity contribution in [3.8, 4) is 5.75 Å². The van der Waals surface area contributed by atoms with Crippen LogP contribution in [0.25, 0.3) is 0 Å². The molecule has 0 spiro atoms. The van der Waals surface area contributed by atoms with Crippen LogP contribution in [0.15, 0.2) is 48.5 Å². The van der Waals surface area contributed by atoms with E-state index in [4.69, 9.17) is 4.74 Å². The van der Waals surface area contributed by atoms with Gasteiger partial charge in [0.15, 0.2) is 0 Å². The van der Waals surface area contributed by atoms with Crippen LogP contribution in [0.4, 0.5) is 5.69 Å². The smallest absolute Gasteiger partial charge is 0.238 e. The molecule has 1 aliphatic rings. The predicted octanol–water partition coefficient (Wildman–Crippen LogP) is 3.83. The van der Waals surface area contributed by atoms with Crippen molar-refractivity contribution in [2.24, 2.45) is 0 Å². The number of nitrogens with one attached hydrogen (secondary N) is 2. The summed E-state index contributed by atoms with van der Waals surface area (Å²) in [7, 11) is 1.69. The van der Waals surface area contributed by atoms with Crippen LogP contribution in [-0.2, 0) is 4.79 Å². The van der Waals surface area contributed by atoms with E-state index in [9.17, 15) is 4.79 Å². The maximum absolute atomic E-state index is 12.8. The third-order valence-electron chi connectivity index (χ3n) is 5.06. The first-order valence-corrected chi connectivity index (χ1v) is 9.56. The normalized spacial score (nSPS) is 17.1. The molecule has 0 aliphatic carbocycles. The fraction of sp³-hybridized carbons (Fsp3) is 0.409. The molecule has 1 aliphatic heterocycles. The number of nitrogens with zero attached hydrogens (tertiary/aromatic N) is 1. The lowest BCUT2D eigenvalue weighted by Crippen LogP contribution is -2.48. The van der Waals surface area contributed by atoms with Crippen LogP contribution < -0.4 is 15.4 Å². The van der Waals surface area contributed by atoms with Gasteiger partial charge in [-0.3, -0.25) is 9.69 Å². The van der Waals surface area contributed by atoms with Crippen molar-refractivity contribution in [1.82, 2.24) is 10.2 Å². The summed E-state index contributed by atoms with van der Waals surface area (Å²) < 4.78 is 5.53. The van der Waals surface area contributed by atoms with Crippen LogP contribution >= 0.6 is 12.4 Å². The van der Waals surface area contributed by atoms with Crippen molar-refractivity contribution in [2.75, 3.05) is 38.6 Å². The number of para-hydroxylation sites is 2. The summed E-state index contributed by atoms with van der Waals surface area (Å²) in [6.07, 6.45) is 0. The second-order valence-electron chi connectivity index (χ2n) is 7.22. The number of hydrogen-bond donors (Lipinski definition) is 2. The highest BCUT2D eigenvalue weighted by Gasteiger charge is 2.27. The molecule has 6 heteroatoms. The Morgan fingerprint density at radius 3 is 2.68 bits per heavy atom. The third kappa shape index (κ3) is 5.25. The fourth-order valence-electron chi connectivity index (χ4n) is 3.67. The molecular weight excluding hydrogens is 374 g/mol. The number of methoxy groups -OCH3 is 1. The first kappa shape index (κ1) is 22.2. The van der Waals surface area contributed by atoms with Crippen LogP contribution in [0.5, 0.6) is 5.75 Å². The standard InChI is InChI=1S/C22H29N3O2.ClH/c1-16(2)17-8-4-6-10-19(17)24-22(26)15-25-13-12-23-14-20(25)18-9-5-7-11-21(18)27-3;/h4-11,16,20,23H,12-15H2,1-3H3,(H,24,26);1H. The minimum atomic E-state index is 0. The molecule has 3 rings (SSSR count). The summed E-state index contributed by atoms with van der Waals surface area (Å²) in [6, 6.07) is 16.2. The first-order valence-electron chi connectivity index (χ1n) is 9.56. The summed E-state index contributed by atoms with van der Waals surface area (Å²) in [5.41, 5.74) is 3.18. The fourth-order valence-corrected chi connectivity index (χ4v) is 3.67. The molecule has 28 heavy (non-hydrogen) atoms. The molecule has 1 heterocycles. The summed E-state index contributed by atoms with van der Waals surface area (Å²) in [6.45, 7) is 7.13. The lowest BCUT2D eigenvalue weighted by molar-refractivity contribution is -0.118. The number of amides is 1. The molecule has 5 nitrogen and oxygen atoms in total. The zero-order valence-corrected chi connectivity index (χ0v) is 17.6. The average molecular weight is 404 g/mol. The van der Waals surface area contributed by atoms with E-state index in [1.54, 1.807) is 7.11 Å². The molecule has 2 aromatic carbocycles. The zero-order chi connectivity index (χ0) is 19.2. The summed E-state index contributed by atoms with van der Waals surface area (Å²) >= 11 is 0. The van der Waals surface area contributed by atoms with Gasteiger partial charge in [-0.1, -0.05) is 50.2 Å². The van der Waals surface area contributed by atoms with Crippen LogP contribution in [-0.4, -0.2) is 44.1 Å². The number of carbonyl (C=O) groups excluding carboxylic acids is 1. The van der Waals surface area contributed by atoms with Crippen LogP contribution in [0.3, 0.4) is 0 Å². The topological polar surface area (TPSA) is 53.6 Å². The van der Waals surface area contributed by atoms with Crippen molar-refractivity contribution >= 4 is 24.0 Å². The van der Waals surface area contributed by atoms with E-state index in [1.807, 2.05) is 36.4 Å². The highest BCUT2D eigenvalue weighted by Crippen LogP contribution is 2.30. The third-order valence-corrected chi connectivity index (χ3v) is 5.06. The van der Waals surface area contributed by atoms with Gasteiger partial charge in [0.2, 0.25) is 5.91 Å². The van der Waals surface area contributed by atoms with Gasteiger partial charge in [-0.05, 0) is 23.6 Å². The second-order valence-corrected chi connectivity index (χ2v) is 7.22. The Morgan fingerprint density at radius 1 is 1.21 bits per heavy atom. The zero-order valence-electron chi connectivity index (χ0n) is 16.8. The molecule has 1 amide bonds. The number of carbonyl (C=O) groups is 1. The SMILES string of the molecule is COc1ccccc1C1CNCCN1CC(=O)Nc1ccccc1C(C)C.Cl. The Hall–Kier alpha value is -2.08. The Labute approximate surface area is 173 Å². The number of anilines is 1. The Bertz CT molecular complexity index is 782. The van der Waals surface area contributed by atoms with E-state index < -0.39 is 0 Å². The second kappa shape index (κ2) is 10.5. The number of ether oxygens (including phenoxy) is 1. The van der Waals surface area contributed by atoms with E-state index in [0.717, 1.165) is 42.2 Å². The molecule has 1 unspecified atom stereocenters. The van der Waals surface area contributed by atoms with Gasteiger partial charge in [-0.15, -0.1) is 12.4 Å². The molecule has 0 saturated carbocycles. The van der Waals surface area contributed by atoms with Gasteiger partial charge in [-0.25, -0.2) is 0 Å². The van der Waals surface area contributed by atoms with Gasteiger partial charge in [0.1, 0.15) is 5.75 Å². The van der Waals surface area contributed by atoms with Crippen molar-refractivity contribution in [3.05, 3.63) is 59.7 Å². The minimum absolute atomic E-state index is 0. The average Bonchev–Trinajstić information content (AvgIpc) is 2.68. The lowest BCUT2D eigenvalue weighted by Gasteiger charge is -2.36. The highest BCUT2D eigenvalue weighted by atomic mass is 35.5. The molecular formula is C22H30ClN3O2. The monoisotopic (exact) mass is 403 g/mol. The molecule has 0 bridgehead atoms. The van der Waals surface area contributed by atoms with Gasteiger partial charge >= 0.3 is 0 Å². The van der Waals surface area contributed by atoms with Crippen molar-refractivity contribution in [3.63, 3.8) is 0 Å². The van der Waals surface area contributed by atoms with E-state index in [-0.39, 0.29) is 24.4 Å². The van der Waals surface area contributed by atoms with Gasteiger partial charge in [0, 0.05) is 30.9 Å². The highest BCUT2D eigenvalue weighted by molar-refractivity contribution is 5.93.